The molecular formula is C8H13FO3. The number of rotatable bonds is 4. The Balaban J connectivity index is 2.25. The third kappa shape index (κ3) is 2.36. The first-order chi connectivity index (χ1) is 5.66. The summed E-state index contributed by atoms with van der Waals surface area (Å²) in [6.07, 6.45) is 2.04. The fraction of sp³-hybridized carbons (Fsp3) is 0.875. The van der Waals surface area contributed by atoms with Crippen LogP contribution < -0.4 is 0 Å². The van der Waals surface area contributed by atoms with Gasteiger partial charge in [0.15, 0.2) is 6.61 Å². The van der Waals surface area contributed by atoms with Crippen molar-refractivity contribution in [2.24, 2.45) is 0 Å². The van der Waals surface area contributed by atoms with E-state index in [4.69, 9.17) is 0 Å². The summed E-state index contributed by atoms with van der Waals surface area (Å²) >= 11 is 0. The van der Waals surface area contributed by atoms with Crippen LogP contribution >= 0.6 is 0 Å². The summed E-state index contributed by atoms with van der Waals surface area (Å²) in [4.78, 5) is 10.4. The molecule has 1 saturated heterocycles. The van der Waals surface area contributed by atoms with Crippen LogP contribution in [0.5, 0.6) is 0 Å². The van der Waals surface area contributed by atoms with Crippen molar-refractivity contribution in [3.8, 4) is 0 Å². The van der Waals surface area contributed by atoms with Gasteiger partial charge in [-0.05, 0) is 6.42 Å². The fourth-order valence-corrected chi connectivity index (χ4v) is 1.14. The van der Waals surface area contributed by atoms with Gasteiger partial charge in [-0.25, -0.2) is 4.79 Å². The highest BCUT2D eigenvalue weighted by Crippen LogP contribution is 2.27. The lowest BCUT2D eigenvalue weighted by Gasteiger charge is -2.13. The first-order valence-corrected chi connectivity index (χ1v) is 4.21. The van der Waals surface area contributed by atoms with Gasteiger partial charge in [0.1, 0.15) is 0 Å². The van der Waals surface area contributed by atoms with Crippen molar-refractivity contribution in [1.82, 2.24) is 0 Å². The van der Waals surface area contributed by atoms with Crippen LogP contribution in [0.2, 0.25) is 0 Å². The molecule has 0 aliphatic carbocycles. The zero-order valence-corrected chi connectivity index (χ0v) is 7.14. The Labute approximate surface area is 70.8 Å². The van der Waals surface area contributed by atoms with Gasteiger partial charge in [-0.1, -0.05) is 19.8 Å². The number of hydrogen-bond acceptors (Lipinski definition) is 3. The van der Waals surface area contributed by atoms with Crippen LogP contribution in [0.25, 0.3) is 0 Å². The lowest BCUT2D eigenvalue weighted by Crippen LogP contribution is -2.25. The lowest BCUT2D eigenvalue weighted by atomic mass is 10.1. The summed E-state index contributed by atoms with van der Waals surface area (Å²) in [6, 6.07) is 0. The minimum atomic E-state index is -1.85. The molecule has 12 heavy (non-hydrogen) atoms. The van der Waals surface area contributed by atoms with Crippen LogP contribution in [0.4, 0.5) is 9.18 Å². The van der Waals surface area contributed by atoms with Crippen molar-refractivity contribution in [1.29, 1.82) is 0 Å². The van der Waals surface area contributed by atoms with Gasteiger partial charge in [-0.3, -0.25) is 0 Å². The molecule has 0 amide bonds. The smallest absolute Gasteiger partial charge is 0.427 e. The van der Waals surface area contributed by atoms with E-state index in [1.807, 2.05) is 6.92 Å². The van der Waals surface area contributed by atoms with Crippen molar-refractivity contribution >= 4 is 6.16 Å². The van der Waals surface area contributed by atoms with Crippen LogP contribution in [0, 0.1) is 0 Å². The molecule has 4 heteroatoms. The minimum absolute atomic E-state index is 0.243. The molecule has 1 heterocycles. The Hall–Kier alpha value is -0.800. The van der Waals surface area contributed by atoms with Crippen molar-refractivity contribution in [3.63, 3.8) is 0 Å². The highest BCUT2D eigenvalue weighted by molar-refractivity contribution is 5.62. The van der Waals surface area contributed by atoms with Crippen LogP contribution in [0.15, 0.2) is 0 Å². The van der Waals surface area contributed by atoms with E-state index in [9.17, 15) is 9.18 Å². The SMILES string of the molecule is CCCCCC1(F)COC(=O)O1. The van der Waals surface area contributed by atoms with Gasteiger partial charge in [0.2, 0.25) is 0 Å². The summed E-state index contributed by atoms with van der Waals surface area (Å²) in [5.41, 5.74) is 0. The predicted molar refractivity (Wildman–Crippen MR) is 40.4 cm³/mol. The molecule has 70 valence electrons. The molecule has 0 aromatic rings. The van der Waals surface area contributed by atoms with Gasteiger partial charge in [0.05, 0.1) is 0 Å². The fourth-order valence-electron chi connectivity index (χ4n) is 1.14. The number of alkyl halides is 1. The molecule has 1 atom stereocenters. The van der Waals surface area contributed by atoms with Gasteiger partial charge < -0.3 is 9.47 Å². The minimum Gasteiger partial charge on any atom is -0.427 e. The maximum absolute atomic E-state index is 13.3. The van der Waals surface area contributed by atoms with Crippen LogP contribution in [-0.2, 0) is 9.47 Å². The van der Waals surface area contributed by atoms with E-state index >= 15 is 0 Å². The standard InChI is InChI=1S/C8H13FO3/c1-2-3-4-5-8(9)6-11-7(10)12-8/h2-6H2,1H3. The molecule has 1 fully saturated rings. The lowest BCUT2D eigenvalue weighted by molar-refractivity contribution is -0.0676. The second kappa shape index (κ2) is 3.74. The monoisotopic (exact) mass is 176 g/mol. The summed E-state index contributed by atoms with van der Waals surface area (Å²) in [5, 5.41) is 0. The van der Waals surface area contributed by atoms with Crippen LogP contribution in [0.1, 0.15) is 32.6 Å². The van der Waals surface area contributed by atoms with E-state index in [2.05, 4.69) is 9.47 Å². The number of cyclic esters (lactones) is 2. The maximum atomic E-state index is 13.3. The van der Waals surface area contributed by atoms with Crippen molar-refractivity contribution in [2.45, 2.75) is 38.5 Å². The normalized spacial score (nSPS) is 28.3. The van der Waals surface area contributed by atoms with Gasteiger partial charge in [-0.2, -0.15) is 4.39 Å². The molecule has 0 spiro atoms. The van der Waals surface area contributed by atoms with E-state index in [1.165, 1.54) is 0 Å². The number of halogens is 1. The van der Waals surface area contributed by atoms with Gasteiger partial charge in [0, 0.05) is 6.42 Å². The van der Waals surface area contributed by atoms with Gasteiger partial charge in [0.25, 0.3) is 5.85 Å². The summed E-state index contributed by atoms with van der Waals surface area (Å²) in [7, 11) is 0. The third-order valence-corrected chi connectivity index (χ3v) is 1.83. The second-order valence-electron chi connectivity index (χ2n) is 2.98. The van der Waals surface area contributed by atoms with E-state index in [0.717, 1.165) is 19.3 Å². The molecule has 0 N–H and O–H groups in total. The van der Waals surface area contributed by atoms with E-state index in [0.29, 0.717) is 0 Å². The Kier molecular flexibility index (Phi) is 2.89. The van der Waals surface area contributed by atoms with E-state index < -0.39 is 12.0 Å². The number of carbonyl (C=O) groups is 1. The molecule has 0 saturated carbocycles. The highest BCUT2D eigenvalue weighted by atomic mass is 19.2. The summed E-state index contributed by atoms with van der Waals surface area (Å²) in [5.74, 6) is -1.85. The van der Waals surface area contributed by atoms with Gasteiger partial charge in [-0.15, -0.1) is 0 Å². The van der Waals surface area contributed by atoms with Crippen molar-refractivity contribution in [2.75, 3.05) is 6.61 Å². The summed E-state index contributed by atoms with van der Waals surface area (Å²) in [6.45, 7) is 1.78. The molecule has 0 aromatic carbocycles. The highest BCUT2D eigenvalue weighted by Gasteiger charge is 2.41. The molecule has 1 aliphatic heterocycles. The first-order valence-electron chi connectivity index (χ1n) is 4.21. The molecule has 3 nitrogen and oxygen atoms in total. The van der Waals surface area contributed by atoms with Crippen molar-refractivity contribution < 1.29 is 18.7 Å². The molecule has 0 bridgehead atoms. The number of carbonyl (C=O) groups excluding carboxylic acids is 1. The molecule has 1 aliphatic rings. The Morgan fingerprint density at radius 1 is 1.58 bits per heavy atom. The van der Waals surface area contributed by atoms with Gasteiger partial charge >= 0.3 is 6.16 Å². The molecule has 1 rings (SSSR count). The third-order valence-electron chi connectivity index (χ3n) is 1.83. The zero-order chi connectivity index (χ0) is 9.03. The number of ether oxygens (including phenoxy) is 2. The average molecular weight is 176 g/mol. The molecule has 0 aromatic heterocycles. The summed E-state index contributed by atoms with van der Waals surface area (Å²) < 4.78 is 22.0. The first kappa shape index (κ1) is 9.29. The topological polar surface area (TPSA) is 35.5 Å². The van der Waals surface area contributed by atoms with E-state index in [1.54, 1.807) is 0 Å². The quantitative estimate of drug-likeness (QED) is 0.487. The van der Waals surface area contributed by atoms with Crippen LogP contribution in [-0.4, -0.2) is 18.6 Å². The Morgan fingerprint density at radius 2 is 2.33 bits per heavy atom. The Morgan fingerprint density at radius 3 is 2.83 bits per heavy atom. The second-order valence-corrected chi connectivity index (χ2v) is 2.98. The largest absolute Gasteiger partial charge is 0.511 e. The zero-order valence-electron chi connectivity index (χ0n) is 7.14. The van der Waals surface area contributed by atoms with Crippen molar-refractivity contribution in [3.05, 3.63) is 0 Å². The predicted octanol–water partition coefficient (Wildman–Crippen LogP) is 2.40. The molecule has 1 unspecified atom stereocenters. The Bertz CT molecular complexity index is 172. The molecular weight excluding hydrogens is 163 g/mol. The van der Waals surface area contributed by atoms with E-state index in [-0.39, 0.29) is 13.0 Å². The molecule has 0 radical (unpaired) electrons. The average Bonchev–Trinajstić information content (AvgIpc) is 2.32. The van der Waals surface area contributed by atoms with Crippen LogP contribution in [0.3, 0.4) is 0 Å². The number of unbranched alkanes of at least 4 members (excludes halogenated alkanes) is 2. The number of hydrogen-bond donors (Lipinski definition) is 0. The maximum Gasteiger partial charge on any atom is 0.511 e.